The van der Waals surface area contributed by atoms with Gasteiger partial charge in [-0.2, -0.15) is 0 Å². The number of nitrogens with one attached hydrogen (secondary N) is 3. The van der Waals surface area contributed by atoms with E-state index in [0.29, 0.717) is 67.4 Å². The average Bonchev–Trinajstić information content (AvgIpc) is 3.72. The Hall–Kier alpha value is -7.04. The van der Waals surface area contributed by atoms with Crippen molar-refractivity contribution in [3.05, 3.63) is 96.6 Å². The van der Waals surface area contributed by atoms with Gasteiger partial charge in [0.1, 0.15) is 12.1 Å². The molecule has 326 valence electrons. The monoisotopic (exact) mass is 853 g/mol. The third kappa shape index (κ3) is 9.13. The fraction of sp³-hybridized carbons (Fsp3) is 0.391. The normalized spacial score (nSPS) is 19.4. The van der Waals surface area contributed by atoms with Crippen LogP contribution in [0.5, 0.6) is 5.75 Å². The van der Waals surface area contributed by atoms with E-state index in [2.05, 4.69) is 52.5 Å². The van der Waals surface area contributed by atoms with E-state index in [9.17, 15) is 24.0 Å². The highest BCUT2D eigenvalue weighted by molar-refractivity contribution is 6.07. The van der Waals surface area contributed by atoms with E-state index in [4.69, 9.17) is 4.74 Å². The van der Waals surface area contributed by atoms with Gasteiger partial charge in [-0.25, -0.2) is 19.7 Å². The number of fused-ring (bicyclic) bond motifs is 1. The van der Waals surface area contributed by atoms with Crippen LogP contribution in [0, 0.1) is 5.92 Å². The maximum atomic E-state index is 13.6. The molecular weight excluding hydrogens is 803 g/mol. The Bertz CT molecular complexity index is 2490. The van der Waals surface area contributed by atoms with Gasteiger partial charge in [0, 0.05) is 87.7 Å². The van der Waals surface area contributed by atoms with Gasteiger partial charge >= 0.3 is 6.03 Å². The number of imidazole rings is 1. The lowest BCUT2D eigenvalue weighted by atomic mass is 9.86. The van der Waals surface area contributed by atoms with Gasteiger partial charge in [0.2, 0.25) is 17.7 Å². The molecule has 1 saturated carbocycles. The van der Waals surface area contributed by atoms with E-state index in [1.165, 1.54) is 12.0 Å². The van der Waals surface area contributed by atoms with Gasteiger partial charge in [-0.3, -0.25) is 29.4 Å². The zero-order chi connectivity index (χ0) is 43.5. The van der Waals surface area contributed by atoms with E-state index in [0.717, 1.165) is 61.4 Å². The molecule has 1 aliphatic carbocycles. The third-order valence-electron chi connectivity index (χ3n) is 12.7. The maximum absolute atomic E-state index is 13.6. The summed E-state index contributed by atoms with van der Waals surface area (Å²) >= 11 is 0. The number of carbonyl (C=O) groups excluding carboxylic acids is 5. The predicted octanol–water partition coefficient (Wildman–Crippen LogP) is 4.68. The van der Waals surface area contributed by atoms with Crippen LogP contribution in [-0.2, 0) is 20.8 Å². The first-order valence-corrected chi connectivity index (χ1v) is 21.7. The summed E-state index contributed by atoms with van der Waals surface area (Å²) in [7, 11) is 1.50. The van der Waals surface area contributed by atoms with E-state index >= 15 is 0 Å². The van der Waals surface area contributed by atoms with Crippen LogP contribution in [0.1, 0.15) is 60.5 Å². The molecule has 0 radical (unpaired) electrons. The molecule has 5 heterocycles. The minimum absolute atomic E-state index is 0.0338. The van der Waals surface area contributed by atoms with Gasteiger partial charge in [0.05, 0.1) is 25.5 Å². The molecule has 0 bridgehead atoms. The molecule has 0 atom stereocenters. The maximum Gasteiger partial charge on any atom is 0.328 e. The Morgan fingerprint density at radius 3 is 2.33 bits per heavy atom. The van der Waals surface area contributed by atoms with Gasteiger partial charge in [-0.1, -0.05) is 30.3 Å². The number of methoxy groups -OCH3 is 1. The summed E-state index contributed by atoms with van der Waals surface area (Å²) in [5.74, 6) is 0.967. The summed E-state index contributed by atoms with van der Waals surface area (Å²) in [4.78, 5) is 85.0. The number of hydrogen-bond donors (Lipinski definition) is 3. The third-order valence-corrected chi connectivity index (χ3v) is 12.7. The highest BCUT2D eigenvalue weighted by Gasteiger charge is 2.34. The fourth-order valence-corrected chi connectivity index (χ4v) is 9.04. The standard InChI is InChI=1S/C46H51N11O6/c1-63-38-12-7-32(25-37(38)56-18-15-39(58)52-46(56)62)45(61)55-16-13-31(14-17-55)24-41(60)54-21-19-53(20-22-54)35-10-8-33(9-11-35)51-43-42-44(48-28-47-43)57(29-49-42)36-26-34(27-36)50-40(59)23-30-5-3-2-4-6-30/h2-12,25,28-29,31,34,36H,13-24,26-27H2,1H3,(H,50,59)(H,47,48,51)(H,52,58,62). The summed E-state index contributed by atoms with van der Waals surface area (Å²) in [5.41, 5.74) is 5.27. The van der Waals surface area contributed by atoms with Crippen molar-refractivity contribution in [3.8, 4) is 5.75 Å². The number of anilines is 4. The highest BCUT2D eigenvalue weighted by atomic mass is 16.5. The summed E-state index contributed by atoms with van der Waals surface area (Å²) in [6.07, 6.45) is 7.45. The number of piperazine rings is 1. The number of amides is 6. The SMILES string of the molecule is COc1ccc(C(=O)N2CCC(CC(=O)N3CCN(c4ccc(Nc5ncnc6c5ncn6C5CC(NC(=O)Cc6ccccc6)C5)cc4)CC3)CC2)cc1N1CCC(=O)NC1=O. The number of hydrogen-bond acceptors (Lipinski definition) is 11. The molecule has 3 saturated heterocycles. The lowest BCUT2D eigenvalue weighted by Gasteiger charge is -2.37. The largest absolute Gasteiger partial charge is 0.495 e. The lowest BCUT2D eigenvalue weighted by molar-refractivity contribution is -0.132. The Labute approximate surface area is 364 Å². The topological polar surface area (TPSA) is 187 Å². The second kappa shape index (κ2) is 18.1. The van der Waals surface area contributed by atoms with Crippen LogP contribution in [0.25, 0.3) is 11.2 Å². The van der Waals surface area contributed by atoms with Gasteiger partial charge in [0.15, 0.2) is 17.0 Å². The van der Waals surface area contributed by atoms with Crippen molar-refractivity contribution in [1.29, 1.82) is 0 Å². The van der Waals surface area contributed by atoms with Crippen molar-refractivity contribution in [1.82, 2.24) is 40.0 Å². The van der Waals surface area contributed by atoms with E-state index < -0.39 is 6.03 Å². The first-order valence-electron chi connectivity index (χ1n) is 21.7. The van der Waals surface area contributed by atoms with Crippen molar-refractivity contribution >= 4 is 63.7 Å². The highest BCUT2D eigenvalue weighted by Crippen LogP contribution is 2.36. The molecule has 0 spiro atoms. The molecule has 9 rings (SSSR count). The molecule has 3 aromatic carbocycles. The number of benzene rings is 3. The zero-order valence-electron chi connectivity index (χ0n) is 35.2. The molecule has 63 heavy (non-hydrogen) atoms. The van der Waals surface area contributed by atoms with E-state index in [1.807, 2.05) is 53.7 Å². The summed E-state index contributed by atoms with van der Waals surface area (Å²) in [6.45, 7) is 4.02. The molecule has 3 aliphatic heterocycles. The molecule has 5 aromatic rings. The summed E-state index contributed by atoms with van der Waals surface area (Å²) in [6, 6.07) is 22.7. The van der Waals surface area contributed by atoms with Crippen molar-refractivity contribution in [2.75, 3.05) is 68.0 Å². The first-order chi connectivity index (χ1) is 30.7. The Morgan fingerprint density at radius 2 is 1.60 bits per heavy atom. The number of likely N-dealkylation sites (tertiary alicyclic amines) is 1. The summed E-state index contributed by atoms with van der Waals surface area (Å²) < 4.78 is 7.54. The molecular formula is C46H51N11O6. The predicted molar refractivity (Wildman–Crippen MR) is 236 cm³/mol. The summed E-state index contributed by atoms with van der Waals surface area (Å²) in [5, 5.41) is 8.89. The van der Waals surface area contributed by atoms with Gasteiger partial charge in [0.25, 0.3) is 5.91 Å². The molecule has 2 aromatic heterocycles. The van der Waals surface area contributed by atoms with Crippen molar-refractivity contribution in [2.24, 2.45) is 5.92 Å². The Morgan fingerprint density at radius 1 is 0.841 bits per heavy atom. The van der Waals surface area contributed by atoms with E-state index in [1.54, 1.807) is 29.4 Å². The number of piperidine rings is 1. The number of aromatic nitrogens is 4. The van der Waals surface area contributed by atoms with E-state index in [-0.39, 0.29) is 54.6 Å². The van der Waals surface area contributed by atoms with Crippen LogP contribution >= 0.6 is 0 Å². The second-order valence-electron chi connectivity index (χ2n) is 16.7. The molecule has 4 aliphatic rings. The average molecular weight is 854 g/mol. The molecule has 0 unspecified atom stereocenters. The Balaban J connectivity index is 0.719. The zero-order valence-corrected chi connectivity index (χ0v) is 35.2. The smallest absolute Gasteiger partial charge is 0.328 e. The van der Waals surface area contributed by atoms with Crippen molar-refractivity contribution < 1.29 is 28.7 Å². The quantitative estimate of drug-likeness (QED) is 0.158. The van der Waals surface area contributed by atoms with Crippen LogP contribution in [0.3, 0.4) is 0 Å². The molecule has 17 heteroatoms. The van der Waals surface area contributed by atoms with Crippen molar-refractivity contribution in [2.45, 2.75) is 57.0 Å². The molecule has 17 nitrogen and oxygen atoms in total. The van der Waals surface area contributed by atoms with Crippen LogP contribution in [0.4, 0.5) is 27.7 Å². The van der Waals surface area contributed by atoms with Crippen LogP contribution < -0.4 is 30.5 Å². The lowest BCUT2D eigenvalue weighted by Crippen LogP contribution is -2.49. The van der Waals surface area contributed by atoms with Gasteiger partial charge in [-0.15, -0.1) is 0 Å². The minimum atomic E-state index is -0.543. The minimum Gasteiger partial charge on any atom is -0.495 e. The van der Waals surface area contributed by atoms with Crippen LogP contribution in [-0.4, -0.2) is 118 Å². The van der Waals surface area contributed by atoms with Gasteiger partial charge < -0.3 is 34.6 Å². The number of imide groups is 1. The Kier molecular flexibility index (Phi) is 11.9. The van der Waals surface area contributed by atoms with Crippen LogP contribution in [0.15, 0.2) is 85.5 Å². The number of nitrogens with zero attached hydrogens (tertiary/aromatic N) is 8. The second-order valence-corrected chi connectivity index (χ2v) is 16.7. The molecule has 3 N–H and O–H groups in total. The number of urea groups is 1. The number of rotatable bonds is 12. The van der Waals surface area contributed by atoms with Crippen molar-refractivity contribution in [3.63, 3.8) is 0 Å². The molecule has 6 amide bonds. The van der Waals surface area contributed by atoms with Crippen LogP contribution in [0.2, 0.25) is 0 Å². The number of carbonyl (C=O) groups is 5. The fourth-order valence-electron chi connectivity index (χ4n) is 9.04. The molecule has 4 fully saturated rings. The first kappa shape index (κ1) is 41.3. The number of ether oxygens (including phenoxy) is 1. The van der Waals surface area contributed by atoms with Gasteiger partial charge in [-0.05, 0) is 79.6 Å².